The smallest absolute Gasteiger partial charge is 0.416 e. The maximum absolute atomic E-state index is 12.8. The molecule has 1 aliphatic rings. The molecular weight excluding hydrogens is 430 g/mol. The molecule has 1 heterocycles. The van der Waals surface area contributed by atoms with E-state index in [1.54, 1.807) is 0 Å². The third-order valence-corrected chi connectivity index (χ3v) is 4.97. The highest BCUT2D eigenvalue weighted by molar-refractivity contribution is 9.09. The maximum Gasteiger partial charge on any atom is 0.416 e. The normalized spacial score (nSPS) is 18.4. The van der Waals surface area contributed by atoms with Gasteiger partial charge in [-0.05, 0) is 29.8 Å². The van der Waals surface area contributed by atoms with Gasteiger partial charge < -0.3 is 4.74 Å². The van der Waals surface area contributed by atoms with Crippen molar-refractivity contribution in [1.82, 2.24) is 0 Å². The first-order chi connectivity index (χ1) is 12.0. The number of hydrogen-bond acceptors (Lipinski definition) is 2. The number of ether oxygens (including phenoxy) is 1. The average molecular weight is 439 g/mol. The number of cyclic esters (lactones) is 1. The van der Waals surface area contributed by atoms with Crippen molar-refractivity contribution >= 4 is 21.9 Å². The second-order valence-electron chi connectivity index (χ2n) is 5.65. The number of carbonyl (C=O) groups excluding carboxylic acids is 1. The Balaban J connectivity index is 1.91. The summed E-state index contributed by atoms with van der Waals surface area (Å²) in [6.07, 6.45) is -10.0. The van der Waals surface area contributed by atoms with Crippen LogP contribution in [0.25, 0.3) is 0 Å². The number of hydrogen-bond donors (Lipinski definition) is 0. The van der Waals surface area contributed by atoms with Gasteiger partial charge >= 0.3 is 18.3 Å². The molecule has 0 saturated carbocycles. The van der Waals surface area contributed by atoms with Crippen LogP contribution in [0.15, 0.2) is 42.5 Å². The van der Waals surface area contributed by atoms with Crippen LogP contribution in [0.4, 0.5) is 26.3 Å². The Kier molecular flexibility index (Phi) is 4.54. The van der Waals surface area contributed by atoms with E-state index in [1.807, 2.05) is 0 Å². The van der Waals surface area contributed by atoms with E-state index in [4.69, 9.17) is 4.74 Å². The summed E-state index contributed by atoms with van der Waals surface area (Å²) in [7, 11) is 0. The second kappa shape index (κ2) is 6.29. The van der Waals surface area contributed by atoms with Crippen LogP contribution in [-0.4, -0.2) is 5.97 Å². The zero-order valence-electron chi connectivity index (χ0n) is 12.7. The van der Waals surface area contributed by atoms with Gasteiger partial charge in [0.2, 0.25) is 0 Å². The van der Waals surface area contributed by atoms with Crippen LogP contribution >= 0.6 is 15.9 Å². The Morgan fingerprint density at radius 3 is 1.96 bits per heavy atom. The van der Waals surface area contributed by atoms with Gasteiger partial charge in [0.1, 0.15) is 6.10 Å². The van der Waals surface area contributed by atoms with Crippen molar-refractivity contribution in [3.8, 4) is 0 Å². The van der Waals surface area contributed by atoms with Crippen LogP contribution in [0, 0.1) is 0 Å². The number of rotatable bonds is 2. The van der Waals surface area contributed by atoms with E-state index in [2.05, 4.69) is 15.9 Å². The minimum absolute atomic E-state index is 0.207. The Labute approximate surface area is 151 Å². The Morgan fingerprint density at radius 2 is 1.42 bits per heavy atom. The number of esters is 1. The molecule has 0 spiro atoms. The summed E-state index contributed by atoms with van der Waals surface area (Å²) >= 11 is 3.26. The monoisotopic (exact) mass is 438 g/mol. The van der Waals surface area contributed by atoms with Crippen molar-refractivity contribution in [3.63, 3.8) is 0 Å². The van der Waals surface area contributed by atoms with Crippen molar-refractivity contribution in [2.45, 2.75) is 23.3 Å². The van der Waals surface area contributed by atoms with Gasteiger partial charge in [-0.15, -0.1) is 0 Å². The van der Waals surface area contributed by atoms with Gasteiger partial charge in [-0.25, -0.2) is 4.79 Å². The number of halogens is 7. The van der Waals surface area contributed by atoms with E-state index in [-0.39, 0.29) is 11.1 Å². The molecule has 0 radical (unpaired) electrons. The molecule has 0 amide bonds. The highest BCUT2D eigenvalue weighted by Gasteiger charge is 2.39. The summed E-state index contributed by atoms with van der Waals surface area (Å²) in [6.45, 7) is 0. The number of alkyl halides is 7. The minimum atomic E-state index is -4.60. The first-order valence-electron chi connectivity index (χ1n) is 7.22. The number of fused-ring (bicyclic) bond motifs is 1. The minimum Gasteiger partial charge on any atom is -0.452 e. The zero-order valence-corrected chi connectivity index (χ0v) is 14.2. The lowest BCUT2D eigenvalue weighted by Gasteiger charge is -2.19. The van der Waals surface area contributed by atoms with Crippen LogP contribution in [0.5, 0.6) is 0 Å². The summed E-state index contributed by atoms with van der Waals surface area (Å²) in [5.74, 6) is -0.910. The molecule has 0 aromatic heterocycles. The molecule has 3 rings (SSSR count). The highest BCUT2D eigenvalue weighted by Crippen LogP contribution is 2.46. The van der Waals surface area contributed by atoms with E-state index in [1.165, 1.54) is 12.1 Å². The molecule has 1 aliphatic heterocycles. The van der Waals surface area contributed by atoms with Crippen LogP contribution in [0.1, 0.15) is 43.5 Å². The Hall–Kier alpha value is -2.03. The van der Waals surface area contributed by atoms with Crippen LogP contribution < -0.4 is 0 Å². The first kappa shape index (κ1) is 18.8. The molecule has 0 N–H and O–H groups in total. The lowest BCUT2D eigenvalue weighted by molar-refractivity contribution is -0.138. The summed E-state index contributed by atoms with van der Waals surface area (Å²) in [5.41, 5.74) is -1.39. The summed E-state index contributed by atoms with van der Waals surface area (Å²) in [6, 6.07) is 6.90. The van der Waals surface area contributed by atoms with Gasteiger partial charge in [-0.1, -0.05) is 34.1 Å². The van der Waals surface area contributed by atoms with E-state index >= 15 is 0 Å². The van der Waals surface area contributed by atoms with Gasteiger partial charge in [0, 0.05) is 5.56 Å². The number of carbonyl (C=O) groups is 1. The average Bonchev–Trinajstić information content (AvgIpc) is 2.89. The van der Waals surface area contributed by atoms with Crippen molar-refractivity contribution < 1.29 is 35.9 Å². The quantitative estimate of drug-likeness (QED) is 0.323. The second-order valence-corrected chi connectivity index (χ2v) is 6.63. The van der Waals surface area contributed by atoms with Gasteiger partial charge in [-0.3, -0.25) is 0 Å². The zero-order chi connectivity index (χ0) is 19.3. The molecule has 2 atom stereocenters. The standard InChI is InChI=1S/C17H9BrF6O2/c18-13(8-1-3-9(4-2-8)16(19,20)21)14-11-6-5-10(17(22,23)24)7-12(11)15(25)26-14/h1-7,13-14H/t13-,14+/m0/s1. The molecule has 138 valence electrons. The molecule has 0 fully saturated rings. The SMILES string of the molecule is O=C1O[C@@H]([C@@H](Br)c2ccc(C(F)(F)F)cc2)c2ccc(C(F)(F)F)cc21. The molecule has 2 nitrogen and oxygen atoms in total. The largest absolute Gasteiger partial charge is 0.452 e. The molecular formula is C17H9BrF6O2. The number of benzene rings is 2. The van der Waals surface area contributed by atoms with Crippen molar-refractivity contribution in [1.29, 1.82) is 0 Å². The fraction of sp³-hybridized carbons (Fsp3) is 0.235. The van der Waals surface area contributed by atoms with Crippen LogP contribution in [0.2, 0.25) is 0 Å². The third-order valence-electron chi connectivity index (χ3n) is 3.96. The fourth-order valence-electron chi connectivity index (χ4n) is 2.65. The van der Waals surface area contributed by atoms with Crippen LogP contribution in [-0.2, 0) is 17.1 Å². The van der Waals surface area contributed by atoms with Gasteiger partial charge in [0.05, 0.1) is 21.5 Å². The molecule has 9 heteroatoms. The molecule has 0 bridgehead atoms. The predicted molar refractivity (Wildman–Crippen MR) is 82.7 cm³/mol. The summed E-state index contributed by atoms with van der Waals surface area (Å²) in [5, 5.41) is 0. The van der Waals surface area contributed by atoms with Crippen molar-refractivity contribution in [2.75, 3.05) is 0 Å². The van der Waals surface area contributed by atoms with E-state index in [0.717, 1.165) is 24.3 Å². The Bertz CT molecular complexity index is 842. The summed E-state index contributed by atoms with van der Waals surface area (Å²) < 4.78 is 81.4. The molecule has 0 aliphatic carbocycles. The Morgan fingerprint density at radius 1 is 0.885 bits per heavy atom. The van der Waals surface area contributed by atoms with E-state index in [9.17, 15) is 31.1 Å². The topological polar surface area (TPSA) is 26.3 Å². The predicted octanol–water partition coefficient (Wildman–Crippen LogP) is 6.07. The van der Waals surface area contributed by atoms with Crippen LogP contribution in [0.3, 0.4) is 0 Å². The van der Waals surface area contributed by atoms with Gasteiger partial charge in [0.25, 0.3) is 0 Å². The van der Waals surface area contributed by atoms with Crippen molar-refractivity contribution in [2.24, 2.45) is 0 Å². The lowest BCUT2D eigenvalue weighted by Crippen LogP contribution is -2.08. The molecule has 0 saturated heterocycles. The van der Waals surface area contributed by atoms with Gasteiger partial charge in [-0.2, -0.15) is 26.3 Å². The first-order valence-corrected chi connectivity index (χ1v) is 8.13. The fourth-order valence-corrected chi connectivity index (χ4v) is 3.35. The van der Waals surface area contributed by atoms with E-state index in [0.29, 0.717) is 11.6 Å². The highest BCUT2D eigenvalue weighted by atomic mass is 79.9. The molecule has 2 aromatic rings. The van der Waals surface area contributed by atoms with Crippen molar-refractivity contribution in [3.05, 3.63) is 70.3 Å². The maximum atomic E-state index is 12.8. The lowest BCUT2D eigenvalue weighted by atomic mass is 9.97. The molecule has 26 heavy (non-hydrogen) atoms. The van der Waals surface area contributed by atoms with Gasteiger partial charge in [0.15, 0.2) is 0 Å². The van der Waals surface area contributed by atoms with E-state index < -0.39 is 40.4 Å². The molecule has 0 unspecified atom stereocenters. The molecule has 2 aromatic carbocycles. The third kappa shape index (κ3) is 3.44. The summed E-state index contributed by atoms with van der Waals surface area (Å²) in [4.78, 5) is 11.2.